The van der Waals surface area contributed by atoms with Crippen LogP contribution in [0.1, 0.15) is 48.0 Å². The molecule has 23 heavy (non-hydrogen) atoms. The molecule has 1 aromatic heterocycles. The van der Waals surface area contributed by atoms with E-state index in [9.17, 15) is 10.1 Å². The molecule has 0 aliphatic rings. The van der Waals surface area contributed by atoms with Crippen LogP contribution in [0, 0.1) is 18.3 Å². The highest BCUT2D eigenvalue weighted by molar-refractivity contribution is 9.10. The molecule has 0 aliphatic heterocycles. The highest BCUT2D eigenvalue weighted by Crippen LogP contribution is 2.25. The number of hydrogen-bond donors (Lipinski definition) is 1. The minimum Gasteiger partial charge on any atom is -0.321 e. The zero-order chi connectivity index (χ0) is 17.2. The summed E-state index contributed by atoms with van der Waals surface area (Å²) in [7, 11) is 0. The second-order valence-electron chi connectivity index (χ2n) is 6.41. The number of carbonyl (C=O) groups is 1. The fourth-order valence-electron chi connectivity index (χ4n) is 2.03. The zero-order valence-electron chi connectivity index (χ0n) is 13.6. The molecule has 0 aliphatic carbocycles. The lowest BCUT2D eigenvalue weighted by Gasteiger charge is -2.20. The Hall–Kier alpha value is -2.19. The van der Waals surface area contributed by atoms with E-state index in [0.29, 0.717) is 16.8 Å². The van der Waals surface area contributed by atoms with Gasteiger partial charge in [-0.3, -0.25) is 9.78 Å². The van der Waals surface area contributed by atoms with Gasteiger partial charge in [-0.2, -0.15) is 5.26 Å². The third kappa shape index (κ3) is 4.17. The largest absolute Gasteiger partial charge is 0.321 e. The molecule has 0 fully saturated rings. The number of nitrogens with zero attached hydrogens (tertiary/aromatic N) is 2. The van der Waals surface area contributed by atoms with Crippen molar-refractivity contribution >= 4 is 27.5 Å². The van der Waals surface area contributed by atoms with Crippen molar-refractivity contribution in [3.05, 3.63) is 57.3 Å². The summed E-state index contributed by atoms with van der Waals surface area (Å²) >= 11 is 3.40. The van der Waals surface area contributed by atoms with Crippen LogP contribution in [-0.4, -0.2) is 10.9 Å². The normalized spacial score (nSPS) is 11.0. The van der Waals surface area contributed by atoms with E-state index in [1.807, 2.05) is 39.8 Å². The van der Waals surface area contributed by atoms with E-state index >= 15 is 0 Å². The van der Waals surface area contributed by atoms with Crippen LogP contribution >= 0.6 is 15.9 Å². The molecule has 1 aromatic carbocycles. The summed E-state index contributed by atoms with van der Waals surface area (Å²) < 4.78 is 0.830. The second-order valence-corrected chi connectivity index (χ2v) is 7.26. The van der Waals surface area contributed by atoms with Gasteiger partial charge in [-0.05, 0) is 58.1 Å². The standard InChI is InChI=1S/C18H18BrN3O/c1-11-16(19)8-15(10-21-11)22-17(23)13-5-12(9-20)6-14(7-13)18(2,3)4/h5-8,10H,1-4H3,(H,22,23). The van der Waals surface area contributed by atoms with Gasteiger partial charge in [0.25, 0.3) is 5.91 Å². The lowest BCUT2D eigenvalue weighted by molar-refractivity contribution is 0.102. The number of benzene rings is 1. The van der Waals surface area contributed by atoms with Crippen molar-refractivity contribution in [3.8, 4) is 6.07 Å². The van der Waals surface area contributed by atoms with Gasteiger partial charge >= 0.3 is 0 Å². The summed E-state index contributed by atoms with van der Waals surface area (Å²) in [6, 6.07) is 9.16. The molecule has 118 valence electrons. The summed E-state index contributed by atoms with van der Waals surface area (Å²) in [6.07, 6.45) is 1.61. The second kappa shape index (κ2) is 6.51. The maximum atomic E-state index is 12.5. The SMILES string of the molecule is Cc1ncc(NC(=O)c2cc(C#N)cc(C(C)(C)C)c2)cc1Br. The highest BCUT2D eigenvalue weighted by Gasteiger charge is 2.18. The van der Waals surface area contributed by atoms with Gasteiger partial charge in [0.1, 0.15) is 0 Å². The number of anilines is 1. The van der Waals surface area contributed by atoms with Crippen LogP contribution in [0.5, 0.6) is 0 Å². The number of rotatable bonds is 2. The van der Waals surface area contributed by atoms with E-state index in [1.165, 1.54) is 0 Å². The molecular formula is C18H18BrN3O. The van der Waals surface area contributed by atoms with Crippen LogP contribution in [0.25, 0.3) is 0 Å². The van der Waals surface area contributed by atoms with E-state index in [2.05, 4.69) is 32.3 Å². The van der Waals surface area contributed by atoms with Crippen LogP contribution in [-0.2, 0) is 5.41 Å². The number of hydrogen-bond acceptors (Lipinski definition) is 3. The third-order valence-corrected chi connectivity index (χ3v) is 4.28. The number of pyridine rings is 1. The molecule has 1 heterocycles. The minimum absolute atomic E-state index is 0.143. The monoisotopic (exact) mass is 371 g/mol. The Morgan fingerprint density at radius 2 is 1.96 bits per heavy atom. The number of carbonyl (C=O) groups excluding carboxylic acids is 1. The van der Waals surface area contributed by atoms with Crippen molar-refractivity contribution in [2.75, 3.05) is 5.32 Å². The fourth-order valence-corrected chi connectivity index (χ4v) is 2.38. The van der Waals surface area contributed by atoms with Gasteiger partial charge in [-0.15, -0.1) is 0 Å². The molecule has 2 rings (SSSR count). The Morgan fingerprint density at radius 1 is 1.26 bits per heavy atom. The summed E-state index contributed by atoms with van der Waals surface area (Å²) in [5, 5.41) is 12.0. The van der Waals surface area contributed by atoms with E-state index < -0.39 is 0 Å². The molecule has 0 saturated carbocycles. The van der Waals surface area contributed by atoms with Gasteiger partial charge in [0.15, 0.2) is 0 Å². The molecule has 2 aromatic rings. The van der Waals surface area contributed by atoms with Crippen molar-refractivity contribution in [1.82, 2.24) is 4.98 Å². The molecular weight excluding hydrogens is 354 g/mol. The average molecular weight is 372 g/mol. The lowest BCUT2D eigenvalue weighted by atomic mass is 9.85. The van der Waals surface area contributed by atoms with Gasteiger partial charge in [0, 0.05) is 10.0 Å². The smallest absolute Gasteiger partial charge is 0.255 e. The zero-order valence-corrected chi connectivity index (χ0v) is 15.2. The molecule has 0 radical (unpaired) electrons. The van der Waals surface area contributed by atoms with E-state index in [4.69, 9.17) is 0 Å². The van der Waals surface area contributed by atoms with Crippen LogP contribution in [0.15, 0.2) is 34.9 Å². The van der Waals surface area contributed by atoms with Crippen LogP contribution < -0.4 is 5.32 Å². The first kappa shape index (κ1) is 17.2. The van der Waals surface area contributed by atoms with Gasteiger partial charge in [0.05, 0.1) is 29.2 Å². The lowest BCUT2D eigenvalue weighted by Crippen LogP contribution is -2.16. The molecule has 1 N–H and O–H groups in total. The Labute approximate surface area is 144 Å². The first-order chi connectivity index (χ1) is 10.7. The molecule has 0 unspecified atom stereocenters. The van der Waals surface area contributed by atoms with E-state index in [0.717, 1.165) is 15.7 Å². The molecule has 0 spiro atoms. The van der Waals surface area contributed by atoms with Crippen molar-refractivity contribution < 1.29 is 4.79 Å². The summed E-state index contributed by atoms with van der Waals surface area (Å²) in [5.41, 5.74) is 3.20. The van der Waals surface area contributed by atoms with Crippen LogP contribution in [0.3, 0.4) is 0 Å². The third-order valence-electron chi connectivity index (χ3n) is 3.47. The maximum Gasteiger partial charge on any atom is 0.255 e. The van der Waals surface area contributed by atoms with Crippen molar-refractivity contribution in [3.63, 3.8) is 0 Å². The topological polar surface area (TPSA) is 65.8 Å². The van der Waals surface area contributed by atoms with Gasteiger partial charge in [-0.1, -0.05) is 20.8 Å². The van der Waals surface area contributed by atoms with Gasteiger partial charge in [-0.25, -0.2) is 0 Å². The van der Waals surface area contributed by atoms with Crippen LogP contribution in [0.2, 0.25) is 0 Å². The van der Waals surface area contributed by atoms with E-state index in [-0.39, 0.29) is 11.3 Å². The van der Waals surface area contributed by atoms with Crippen molar-refractivity contribution in [1.29, 1.82) is 5.26 Å². The number of aromatic nitrogens is 1. The molecule has 0 saturated heterocycles. The molecule has 5 heteroatoms. The van der Waals surface area contributed by atoms with Gasteiger partial charge < -0.3 is 5.32 Å². The number of nitrogens with one attached hydrogen (secondary N) is 1. The Kier molecular flexibility index (Phi) is 4.86. The van der Waals surface area contributed by atoms with Gasteiger partial charge in [0.2, 0.25) is 0 Å². The summed E-state index contributed by atoms with van der Waals surface area (Å²) in [5.74, 6) is -0.259. The van der Waals surface area contributed by atoms with E-state index in [1.54, 1.807) is 18.3 Å². The maximum absolute atomic E-state index is 12.5. The van der Waals surface area contributed by atoms with Crippen LogP contribution in [0.4, 0.5) is 5.69 Å². The quantitative estimate of drug-likeness (QED) is 0.840. The first-order valence-electron chi connectivity index (χ1n) is 7.20. The Morgan fingerprint density at radius 3 is 2.52 bits per heavy atom. The number of halogens is 1. The first-order valence-corrected chi connectivity index (χ1v) is 7.99. The predicted octanol–water partition coefficient (Wildman–Crippen LogP) is 4.57. The Bertz CT molecular complexity index is 801. The van der Waals surface area contributed by atoms with Crippen molar-refractivity contribution in [2.45, 2.75) is 33.1 Å². The number of amides is 1. The molecule has 4 nitrogen and oxygen atoms in total. The number of nitriles is 1. The van der Waals surface area contributed by atoms with Crippen molar-refractivity contribution in [2.24, 2.45) is 0 Å². The minimum atomic E-state index is -0.259. The summed E-state index contributed by atoms with van der Waals surface area (Å²) in [6.45, 7) is 8.02. The average Bonchev–Trinajstić information content (AvgIpc) is 2.49. The molecule has 1 amide bonds. The number of aryl methyl sites for hydroxylation is 1. The summed E-state index contributed by atoms with van der Waals surface area (Å²) in [4.78, 5) is 16.7. The highest BCUT2D eigenvalue weighted by atomic mass is 79.9. The Balaban J connectivity index is 2.35. The predicted molar refractivity (Wildman–Crippen MR) is 94.5 cm³/mol. The molecule has 0 atom stereocenters. The molecule has 0 bridgehead atoms. The fraction of sp³-hybridized carbons (Fsp3) is 0.278.